The van der Waals surface area contributed by atoms with Gasteiger partial charge in [-0.15, -0.1) is 0 Å². The summed E-state index contributed by atoms with van der Waals surface area (Å²) >= 11 is 3.32. The van der Waals surface area contributed by atoms with Gasteiger partial charge < -0.3 is 5.11 Å². The highest BCUT2D eigenvalue weighted by Crippen LogP contribution is 2.23. The number of halogens is 2. The monoisotopic (exact) mass is 373 g/mol. The van der Waals surface area contributed by atoms with Crippen LogP contribution in [0, 0.1) is 12.7 Å². The molecule has 0 spiro atoms. The lowest BCUT2D eigenvalue weighted by molar-refractivity contribution is 0.275. The smallest absolute Gasteiger partial charge is 0.261 e. The number of aliphatic hydroxyl groups excluding tert-OH is 1. The van der Waals surface area contributed by atoms with Gasteiger partial charge in [-0.25, -0.2) is 12.8 Å². The molecule has 0 saturated heterocycles. The highest BCUT2D eigenvalue weighted by atomic mass is 79.9. The van der Waals surface area contributed by atoms with E-state index in [2.05, 4.69) is 20.7 Å². The molecule has 0 radical (unpaired) electrons. The van der Waals surface area contributed by atoms with Crippen LogP contribution < -0.4 is 4.72 Å². The molecule has 0 aliphatic carbocycles. The fraction of sp³-hybridized carbons (Fsp3) is 0.143. The van der Waals surface area contributed by atoms with Gasteiger partial charge in [-0.3, -0.25) is 4.72 Å². The van der Waals surface area contributed by atoms with Crippen LogP contribution in [0.15, 0.2) is 45.8 Å². The van der Waals surface area contributed by atoms with Crippen molar-refractivity contribution in [1.82, 2.24) is 0 Å². The Bertz CT molecular complexity index is 778. The van der Waals surface area contributed by atoms with E-state index < -0.39 is 22.4 Å². The van der Waals surface area contributed by atoms with Gasteiger partial charge in [0.1, 0.15) is 5.82 Å². The third-order valence-corrected chi connectivity index (χ3v) is 5.16. The van der Waals surface area contributed by atoms with Crippen molar-refractivity contribution >= 4 is 31.6 Å². The highest BCUT2D eigenvalue weighted by Gasteiger charge is 2.16. The summed E-state index contributed by atoms with van der Waals surface area (Å²) in [5.74, 6) is -0.644. The first-order chi connectivity index (χ1) is 9.83. The van der Waals surface area contributed by atoms with Crippen molar-refractivity contribution < 1.29 is 17.9 Å². The van der Waals surface area contributed by atoms with E-state index in [0.29, 0.717) is 5.69 Å². The highest BCUT2D eigenvalue weighted by molar-refractivity contribution is 9.10. The number of aliphatic hydroxyl groups is 1. The Morgan fingerprint density at radius 2 is 1.95 bits per heavy atom. The number of hydrogen-bond acceptors (Lipinski definition) is 3. The van der Waals surface area contributed by atoms with Crippen molar-refractivity contribution in [3.63, 3.8) is 0 Å². The molecule has 2 aromatic rings. The second-order valence-corrected chi connectivity index (χ2v) is 7.02. The predicted octanol–water partition coefficient (Wildman–Crippen LogP) is 3.19. The minimum Gasteiger partial charge on any atom is -0.392 e. The zero-order chi connectivity index (χ0) is 15.6. The summed E-state index contributed by atoms with van der Waals surface area (Å²) in [5, 5.41) is 9.00. The Kier molecular flexibility index (Phi) is 4.65. The third kappa shape index (κ3) is 3.61. The Balaban J connectivity index is 2.35. The lowest BCUT2D eigenvalue weighted by Gasteiger charge is -2.10. The van der Waals surface area contributed by atoms with E-state index in [1.165, 1.54) is 0 Å². The summed E-state index contributed by atoms with van der Waals surface area (Å²) in [7, 11) is -3.84. The van der Waals surface area contributed by atoms with E-state index in [-0.39, 0.29) is 10.5 Å². The number of aryl methyl sites for hydroxylation is 1. The minimum absolute atomic E-state index is 0.0667. The van der Waals surface area contributed by atoms with Crippen LogP contribution in [0.2, 0.25) is 0 Å². The molecule has 2 rings (SSSR count). The van der Waals surface area contributed by atoms with Gasteiger partial charge in [-0.1, -0.05) is 22.0 Å². The standard InChI is InChI=1S/C14H13BrFNO3S/c1-9-2-3-11(7-13(9)15)17-21(19,20)12-4-5-14(16)10(6-12)8-18/h2-7,17-18H,8H2,1H3. The lowest BCUT2D eigenvalue weighted by Crippen LogP contribution is -2.13. The summed E-state index contributed by atoms with van der Waals surface area (Å²) in [4.78, 5) is -0.107. The number of anilines is 1. The molecule has 0 saturated carbocycles. The van der Waals surface area contributed by atoms with Crippen molar-refractivity contribution in [3.8, 4) is 0 Å². The van der Waals surface area contributed by atoms with E-state index in [9.17, 15) is 12.8 Å². The number of rotatable bonds is 4. The minimum atomic E-state index is -3.84. The lowest BCUT2D eigenvalue weighted by atomic mass is 10.2. The molecule has 4 nitrogen and oxygen atoms in total. The molecular weight excluding hydrogens is 361 g/mol. The number of benzene rings is 2. The quantitative estimate of drug-likeness (QED) is 0.864. The maximum atomic E-state index is 13.3. The number of hydrogen-bond donors (Lipinski definition) is 2. The van der Waals surface area contributed by atoms with Gasteiger partial charge in [0.2, 0.25) is 0 Å². The average molecular weight is 374 g/mol. The zero-order valence-corrected chi connectivity index (χ0v) is 13.5. The third-order valence-electron chi connectivity index (χ3n) is 2.92. The van der Waals surface area contributed by atoms with E-state index >= 15 is 0 Å². The molecule has 0 fully saturated rings. The Hall–Kier alpha value is -1.44. The molecule has 0 bridgehead atoms. The van der Waals surface area contributed by atoms with Crippen LogP contribution >= 0.6 is 15.9 Å². The molecular formula is C14H13BrFNO3S. The van der Waals surface area contributed by atoms with Gasteiger partial charge in [0.25, 0.3) is 10.0 Å². The fourth-order valence-corrected chi connectivity index (χ4v) is 3.19. The van der Waals surface area contributed by atoms with Gasteiger partial charge in [-0.05, 0) is 42.8 Å². The normalized spacial score (nSPS) is 11.4. The average Bonchev–Trinajstić information content (AvgIpc) is 2.43. The first kappa shape index (κ1) is 15.9. The van der Waals surface area contributed by atoms with Gasteiger partial charge in [-0.2, -0.15) is 0 Å². The first-order valence-electron chi connectivity index (χ1n) is 6.02. The topological polar surface area (TPSA) is 66.4 Å². The van der Waals surface area contributed by atoms with Crippen LogP contribution in [-0.4, -0.2) is 13.5 Å². The van der Waals surface area contributed by atoms with Gasteiger partial charge >= 0.3 is 0 Å². The van der Waals surface area contributed by atoms with Gasteiger partial charge in [0.15, 0.2) is 0 Å². The Morgan fingerprint density at radius 3 is 2.57 bits per heavy atom. The second kappa shape index (κ2) is 6.13. The van der Waals surface area contributed by atoms with Crippen LogP contribution in [0.5, 0.6) is 0 Å². The molecule has 0 aromatic heterocycles. The van der Waals surface area contributed by atoms with Crippen molar-refractivity contribution in [2.24, 2.45) is 0 Å². The Morgan fingerprint density at radius 1 is 1.24 bits per heavy atom. The summed E-state index contributed by atoms with van der Waals surface area (Å²) in [6.07, 6.45) is 0. The van der Waals surface area contributed by atoms with Gasteiger partial charge in [0, 0.05) is 15.7 Å². The van der Waals surface area contributed by atoms with Crippen LogP contribution in [0.4, 0.5) is 10.1 Å². The number of sulfonamides is 1. The van der Waals surface area contributed by atoms with E-state index in [1.54, 1.807) is 18.2 Å². The molecule has 0 unspecified atom stereocenters. The van der Waals surface area contributed by atoms with E-state index in [1.807, 2.05) is 6.92 Å². The maximum absolute atomic E-state index is 13.3. The van der Waals surface area contributed by atoms with Crippen LogP contribution in [0.3, 0.4) is 0 Å². The largest absolute Gasteiger partial charge is 0.392 e. The summed E-state index contributed by atoms with van der Waals surface area (Å²) in [6.45, 7) is 1.32. The second-order valence-electron chi connectivity index (χ2n) is 4.48. The fourth-order valence-electron chi connectivity index (χ4n) is 1.71. The first-order valence-corrected chi connectivity index (χ1v) is 8.29. The number of nitrogens with one attached hydrogen (secondary N) is 1. The molecule has 112 valence electrons. The van der Waals surface area contributed by atoms with E-state index in [0.717, 1.165) is 28.2 Å². The van der Waals surface area contributed by atoms with Crippen molar-refractivity contribution in [3.05, 3.63) is 57.8 Å². The van der Waals surface area contributed by atoms with Crippen LogP contribution in [0.1, 0.15) is 11.1 Å². The van der Waals surface area contributed by atoms with E-state index in [4.69, 9.17) is 5.11 Å². The van der Waals surface area contributed by atoms with Crippen molar-refractivity contribution in [2.75, 3.05) is 4.72 Å². The molecule has 0 heterocycles. The summed E-state index contributed by atoms with van der Waals surface area (Å²) < 4.78 is 41.0. The SMILES string of the molecule is Cc1ccc(NS(=O)(=O)c2ccc(F)c(CO)c2)cc1Br. The van der Waals surface area contributed by atoms with Crippen LogP contribution in [-0.2, 0) is 16.6 Å². The summed E-state index contributed by atoms with van der Waals surface area (Å²) in [6, 6.07) is 8.33. The van der Waals surface area contributed by atoms with Crippen LogP contribution in [0.25, 0.3) is 0 Å². The Labute approximate surface area is 130 Å². The predicted molar refractivity (Wildman–Crippen MR) is 82.0 cm³/mol. The molecule has 0 amide bonds. The zero-order valence-electron chi connectivity index (χ0n) is 11.1. The van der Waals surface area contributed by atoms with Gasteiger partial charge in [0.05, 0.1) is 11.5 Å². The molecule has 21 heavy (non-hydrogen) atoms. The molecule has 0 aliphatic heterocycles. The molecule has 2 aromatic carbocycles. The maximum Gasteiger partial charge on any atom is 0.261 e. The summed E-state index contributed by atoms with van der Waals surface area (Å²) in [5.41, 5.74) is 1.30. The molecule has 7 heteroatoms. The van der Waals surface area contributed by atoms with Crippen molar-refractivity contribution in [2.45, 2.75) is 18.4 Å². The molecule has 0 atom stereocenters. The molecule has 2 N–H and O–H groups in total. The van der Waals surface area contributed by atoms with Crippen molar-refractivity contribution in [1.29, 1.82) is 0 Å². The molecule has 0 aliphatic rings.